The molecule has 0 aliphatic carbocycles. The first-order valence-electron chi connectivity index (χ1n) is 16.2. The fourth-order valence-corrected chi connectivity index (χ4v) is 9.02. The maximum atomic E-state index is 16.9. The summed E-state index contributed by atoms with van der Waals surface area (Å²) < 4.78 is 52.8. The van der Waals surface area contributed by atoms with Gasteiger partial charge in [0.15, 0.2) is 5.82 Å². The number of fused-ring (bicyclic) bond motifs is 3. The number of benzene rings is 2. The first kappa shape index (κ1) is 32.2. The van der Waals surface area contributed by atoms with Crippen LogP contribution in [0.1, 0.15) is 39.5 Å². The number of aromatic nitrogens is 2. The van der Waals surface area contributed by atoms with Gasteiger partial charge in [-0.1, -0.05) is 18.7 Å². The maximum absolute atomic E-state index is 16.9. The molecule has 0 saturated carbocycles. The lowest BCUT2D eigenvalue weighted by Crippen LogP contribution is -2.45. The van der Waals surface area contributed by atoms with Gasteiger partial charge in [0.05, 0.1) is 27.9 Å². The van der Waals surface area contributed by atoms with Gasteiger partial charge >= 0.3 is 6.01 Å². The standard InChI is InChI=1S/C35H36F3N7O2S/c1-5-26(46)45-15-12-25(19(45)3)44(6-2)33-23-9-8-22(21-10-11-24(37)31-27(21)30(40-4)32(39)48-31)28(38)29(23)41-34(42-33)47-18-35-13-7-14-43(35)17-20(36)16-35/h5,8-11,19-20,25H,1,6-7,12-18,39H2,2-3H3/t19-,20+,25+,35-/m0/s1. The highest BCUT2D eigenvalue weighted by atomic mass is 32.1. The molecule has 0 unspecified atom stereocenters. The molecular weight excluding hydrogens is 639 g/mol. The minimum Gasteiger partial charge on any atom is -0.461 e. The van der Waals surface area contributed by atoms with Crippen LogP contribution in [0.2, 0.25) is 0 Å². The van der Waals surface area contributed by atoms with Crippen molar-refractivity contribution >= 4 is 54.7 Å². The van der Waals surface area contributed by atoms with Crippen LogP contribution in [0.5, 0.6) is 6.01 Å². The summed E-state index contributed by atoms with van der Waals surface area (Å²) in [5.41, 5.74) is 6.13. The Kier molecular flexibility index (Phi) is 8.20. The highest BCUT2D eigenvalue weighted by molar-refractivity contribution is 7.23. The second-order valence-electron chi connectivity index (χ2n) is 12.9. The second-order valence-corrected chi connectivity index (χ2v) is 13.9. The van der Waals surface area contributed by atoms with Crippen molar-refractivity contribution in [1.29, 1.82) is 0 Å². The molecule has 5 heterocycles. The highest BCUT2D eigenvalue weighted by Gasteiger charge is 2.49. The molecule has 3 saturated heterocycles. The highest BCUT2D eigenvalue weighted by Crippen LogP contribution is 2.48. The van der Waals surface area contributed by atoms with Crippen LogP contribution >= 0.6 is 11.3 Å². The molecule has 3 aliphatic rings. The first-order valence-corrected chi connectivity index (χ1v) is 17.0. The van der Waals surface area contributed by atoms with E-state index in [1.54, 1.807) is 17.0 Å². The van der Waals surface area contributed by atoms with Crippen LogP contribution in [-0.4, -0.2) is 82.3 Å². The van der Waals surface area contributed by atoms with Crippen molar-refractivity contribution in [3.63, 3.8) is 0 Å². The molecule has 9 nitrogen and oxygen atoms in total. The number of carbonyl (C=O) groups excluding carboxylic acids is 1. The van der Waals surface area contributed by atoms with Gasteiger partial charge in [0.2, 0.25) is 11.6 Å². The molecule has 3 fully saturated rings. The molecule has 250 valence electrons. The number of nitrogen functional groups attached to an aromatic ring is 1. The molecule has 4 aromatic rings. The van der Waals surface area contributed by atoms with E-state index < -0.39 is 23.3 Å². The third-order valence-corrected chi connectivity index (χ3v) is 11.4. The van der Waals surface area contributed by atoms with Crippen molar-refractivity contribution in [2.45, 2.75) is 63.3 Å². The summed E-state index contributed by atoms with van der Waals surface area (Å²) in [7, 11) is 0. The zero-order valence-electron chi connectivity index (χ0n) is 26.8. The number of likely N-dealkylation sites (tertiary alicyclic amines) is 1. The van der Waals surface area contributed by atoms with Crippen molar-refractivity contribution < 1.29 is 22.7 Å². The summed E-state index contributed by atoms with van der Waals surface area (Å²) in [6, 6.07) is 5.67. The number of hydrogen-bond donors (Lipinski definition) is 1. The van der Waals surface area contributed by atoms with Crippen molar-refractivity contribution in [2.24, 2.45) is 0 Å². The number of likely N-dealkylation sites (N-methyl/N-ethyl adjacent to an activating group) is 1. The van der Waals surface area contributed by atoms with E-state index in [9.17, 15) is 13.6 Å². The Hall–Kier alpha value is -4.41. The van der Waals surface area contributed by atoms with Gasteiger partial charge in [0.25, 0.3) is 0 Å². The Morgan fingerprint density at radius 1 is 1.27 bits per heavy atom. The number of nitrogens with two attached hydrogens (primary N) is 1. The summed E-state index contributed by atoms with van der Waals surface area (Å²) in [6.45, 7) is 17.6. The Morgan fingerprint density at radius 3 is 2.81 bits per heavy atom. The van der Waals surface area contributed by atoms with Crippen LogP contribution in [0.3, 0.4) is 0 Å². The predicted molar refractivity (Wildman–Crippen MR) is 182 cm³/mol. The molecule has 48 heavy (non-hydrogen) atoms. The normalized spacial score (nSPS) is 23.9. The topological polar surface area (TPSA) is 92.2 Å². The van der Waals surface area contributed by atoms with E-state index in [2.05, 4.69) is 26.2 Å². The maximum Gasteiger partial charge on any atom is 0.319 e. The van der Waals surface area contributed by atoms with E-state index in [-0.39, 0.29) is 62.5 Å². The van der Waals surface area contributed by atoms with Crippen LogP contribution in [-0.2, 0) is 4.79 Å². The zero-order chi connectivity index (χ0) is 33.9. The lowest BCUT2D eigenvalue weighted by Gasteiger charge is -2.34. The molecule has 7 rings (SSSR count). The number of nitrogens with zero attached hydrogens (tertiary/aromatic N) is 6. The minimum atomic E-state index is -0.943. The Bertz CT molecular complexity index is 2000. The smallest absolute Gasteiger partial charge is 0.319 e. The van der Waals surface area contributed by atoms with Gasteiger partial charge in [-0.2, -0.15) is 9.97 Å². The van der Waals surface area contributed by atoms with Crippen molar-refractivity contribution in [2.75, 3.05) is 43.4 Å². The number of alkyl halides is 1. The number of amides is 1. The number of hydrogen-bond acceptors (Lipinski definition) is 8. The number of halogens is 3. The molecule has 0 radical (unpaired) electrons. The van der Waals surface area contributed by atoms with Gasteiger partial charge in [0, 0.05) is 48.4 Å². The Morgan fingerprint density at radius 2 is 2.06 bits per heavy atom. The molecule has 0 bridgehead atoms. The van der Waals surface area contributed by atoms with Gasteiger partial charge in [-0.25, -0.2) is 18.0 Å². The summed E-state index contributed by atoms with van der Waals surface area (Å²) in [4.78, 5) is 31.5. The largest absolute Gasteiger partial charge is 0.461 e. The van der Waals surface area contributed by atoms with Gasteiger partial charge < -0.3 is 20.3 Å². The fourth-order valence-electron chi connectivity index (χ4n) is 8.08. The molecule has 4 atom stereocenters. The predicted octanol–water partition coefficient (Wildman–Crippen LogP) is 6.88. The zero-order valence-corrected chi connectivity index (χ0v) is 27.6. The fraction of sp³-hybridized carbons (Fsp3) is 0.429. The quantitative estimate of drug-likeness (QED) is 0.161. The minimum absolute atomic E-state index is 0.00349. The number of thiophene rings is 1. The van der Waals surface area contributed by atoms with E-state index in [0.29, 0.717) is 49.2 Å². The molecule has 2 aromatic carbocycles. The van der Waals surface area contributed by atoms with Crippen LogP contribution in [0.25, 0.3) is 37.0 Å². The van der Waals surface area contributed by atoms with Crippen LogP contribution in [0.4, 0.5) is 29.7 Å². The number of anilines is 2. The molecule has 0 spiro atoms. The van der Waals surface area contributed by atoms with Gasteiger partial charge in [0.1, 0.15) is 29.9 Å². The van der Waals surface area contributed by atoms with E-state index >= 15 is 4.39 Å². The van der Waals surface area contributed by atoms with Crippen LogP contribution in [0, 0.1) is 18.2 Å². The molecule has 13 heteroatoms. The molecular formula is C35H36F3N7O2S. The second kappa shape index (κ2) is 12.2. The number of ether oxygens (including phenoxy) is 1. The van der Waals surface area contributed by atoms with E-state index in [1.165, 1.54) is 18.2 Å². The van der Waals surface area contributed by atoms with Crippen LogP contribution < -0.4 is 15.4 Å². The first-order chi connectivity index (χ1) is 23.1. The van der Waals surface area contributed by atoms with Crippen molar-refractivity contribution in [3.8, 4) is 17.1 Å². The number of carbonyl (C=O) groups is 1. The van der Waals surface area contributed by atoms with E-state index in [1.807, 2.05) is 13.8 Å². The molecule has 3 aliphatic heterocycles. The van der Waals surface area contributed by atoms with Crippen molar-refractivity contribution in [1.82, 2.24) is 19.8 Å². The third kappa shape index (κ3) is 5.04. The molecule has 2 aromatic heterocycles. The van der Waals surface area contributed by atoms with E-state index in [4.69, 9.17) is 22.0 Å². The third-order valence-electron chi connectivity index (χ3n) is 10.4. The molecule has 2 N–H and O–H groups in total. The monoisotopic (exact) mass is 675 g/mol. The Balaban J connectivity index is 1.37. The summed E-state index contributed by atoms with van der Waals surface area (Å²) in [5, 5.41) is 0.842. The average molecular weight is 676 g/mol. The molecule has 1 amide bonds. The summed E-state index contributed by atoms with van der Waals surface area (Å²) in [5.74, 6) is -0.930. The SMILES string of the molecule is [C-]#[N+]c1c(N)sc2c(F)ccc(-c3ccc4c(N(CC)[C@@H]5CCN(C(=O)C=C)[C@H]5C)nc(OC[C@@]56CCCN5C[C@H](F)C6)nc4c3F)c12. The van der Waals surface area contributed by atoms with Crippen molar-refractivity contribution in [3.05, 3.63) is 60.0 Å². The lowest BCUT2D eigenvalue weighted by molar-refractivity contribution is -0.126. The summed E-state index contributed by atoms with van der Waals surface area (Å²) in [6.07, 6.45) is 3.11. The van der Waals surface area contributed by atoms with Gasteiger partial charge in [-0.15, -0.1) is 11.3 Å². The van der Waals surface area contributed by atoms with Gasteiger partial charge in [-0.3, -0.25) is 9.69 Å². The lowest BCUT2D eigenvalue weighted by atomic mass is 9.95. The number of rotatable bonds is 8. The average Bonchev–Trinajstić information content (AvgIpc) is 3.82. The summed E-state index contributed by atoms with van der Waals surface area (Å²) >= 11 is 0.953. The Labute approximate surface area is 280 Å². The van der Waals surface area contributed by atoms with Crippen LogP contribution in [0.15, 0.2) is 36.9 Å². The van der Waals surface area contributed by atoms with E-state index in [0.717, 1.165) is 30.7 Å². The van der Waals surface area contributed by atoms with Gasteiger partial charge in [-0.05, 0) is 63.4 Å².